The third-order valence-electron chi connectivity index (χ3n) is 5.39. The van der Waals surface area contributed by atoms with E-state index in [2.05, 4.69) is 9.97 Å². The fraction of sp³-hybridized carbons (Fsp3) is 0.261. The molecular formula is C23H22N4O2S. The van der Waals surface area contributed by atoms with Crippen LogP contribution in [-0.4, -0.2) is 32.3 Å². The van der Waals surface area contributed by atoms with Crippen LogP contribution in [0.2, 0.25) is 0 Å². The number of carbonyl (C=O) groups is 1. The molecule has 1 saturated heterocycles. The Kier molecular flexibility index (Phi) is 4.96. The first-order valence-corrected chi connectivity index (χ1v) is 10.9. The van der Waals surface area contributed by atoms with Gasteiger partial charge in [0, 0.05) is 17.5 Å². The minimum atomic E-state index is -0.0197. The first kappa shape index (κ1) is 18.8. The SMILES string of the molecule is Cc1nc(COc2ccc(C(=O)N3CCCC3c3nc4ccccc4[nH]3)cc2)cs1. The number of aryl methyl sites for hydroxylation is 1. The maximum atomic E-state index is 13.2. The summed E-state index contributed by atoms with van der Waals surface area (Å²) in [5, 5.41) is 3.03. The van der Waals surface area contributed by atoms with Gasteiger partial charge in [-0.1, -0.05) is 12.1 Å². The van der Waals surface area contributed by atoms with Crippen molar-refractivity contribution >= 4 is 28.3 Å². The topological polar surface area (TPSA) is 71.1 Å². The molecule has 2 aromatic carbocycles. The molecular weight excluding hydrogens is 396 g/mol. The Bertz CT molecular complexity index is 1150. The number of hydrogen-bond donors (Lipinski definition) is 1. The van der Waals surface area contributed by atoms with Crippen LogP contribution in [0.4, 0.5) is 0 Å². The van der Waals surface area contributed by atoms with Crippen molar-refractivity contribution in [3.63, 3.8) is 0 Å². The lowest BCUT2D eigenvalue weighted by Gasteiger charge is -2.23. The number of ether oxygens (including phenoxy) is 1. The number of nitrogens with one attached hydrogen (secondary N) is 1. The first-order valence-electron chi connectivity index (χ1n) is 10.1. The lowest BCUT2D eigenvalue weighted by atomic mass is 10.1. The molecule has 2 aromatic heterocycles. The molecule has 1 fully saturated rings. The number of hydrogen-bond acceptors (Lipinski definition) is 5. The summed E-state index contributed by atoms with van der Waals surface area (Å²) in [5.74, 6) is 1.62. The molecule has 5 rings (SSSR count). The normalized spacial score (nSPS) is 16.3. The van der Waals surface area contributed by atoms with Crippen molar-refractivity contribution in [1.29, 1.82) is 0 Å². The third kappa shape index (κ3) is 3.68. The number of para-hydroxylation sites is 2. The van der Waals surface area contributed by atoms with E-state index in [0.717, 1.165) is 52.7 Å². The monoisotopic (exact) mass is 418 g/mol. The van der Waals surface area contributed by atoms with Crippen molar-refractivity contribution in [3.8, 4) is 5.75 Å². The van der Waals surface area contributed by atoms with Gasteiger partial charge in [-0.3, -0.25) is 4.79 Å². The first-order chi connectivity index (χ1) is 14.7. The van der Waals surface area contributed by atoms with E-state index >= 15 is 0 Å². The highest BCUT2D eigenvalue weighted by Gasteiger charge is 2.32. The molecule has 0 aliphatic carbocycles. The summed E-state index contributed by atoms with van der Waals surface area (Å²) in [5.41, 5.74) is 3.52. The standard InChI is InChI=1S/C23H22N4O2S/c1-15-24-17(14-30-15)13-29-18-10-8-16(9-11-18)23(28)27-12-4-7-21(27)22-25-19-5-2-3-6-20(19)26-22/h2-3,5-6,8-11,14,21H,4,7,12-13H2,1H3,(H,25,26). The van der Waals surface area contributed by atoms with Crippen LogP contribution in [-0.2, 0) is 6.61 Å². The van der Waals surface area contributed by atoms with Crippen LogP contribution >= 0.6 is 11.3 Å². The lowest BCUT2D eigenvalue weighted by Crippen LogP contribution is -2.31. The van der Waals surface area contributed by atoms with Crippen LogP contribution in [0.5, 0.6) is 5.75 Å². The molecule has 152 valence electrons. The van der Waals surface area contributed by atoms with Gasteiger partial charge in [0.25, 0.3) is 5.91 Å². The molecule has 1 amide bonds. The van der Waals surface area contributed by atoms with Crippen molar-refractivity contribution in [3.05, 3.63) is 76.0 Å². The van der Waals surface area contributed by atoms with Gasteiger partial charge in [-0.05, 0) is 56.2 Å². The van der Waals surface area contributed by atoms with Crippen molar-refractivity contribution in [2.45, 2.75) is 32.4 Å². The number of nitrogens with zero attached hydrogens (tertiary/aromatic N) is 3. The Morgan fingerprint density at radius 1 is 1.20 bits per heavy atom. The van der Waals surface area contributed by atoms with E-state index in [1.165, 1.54) is 0 Å². The molecule has 1 atom stereocenters. The number of thiazole rings is 1. The average molecular weight is 419 g/mol. The lowest BCUT2D eigenvalue weighted by molar-refractivity contribution is 0.0730. The number of aromatic amines is 1. The molecule has 1 unspecified atom stereocenters. The van der Waals surface area contributed by atoms with Crippen LogP contribution in [0.25, 0.3) is 11.0 Å². The van der Waals surface area contributed by atoms with Gasteiger partial charge in [-0.15, -0.1) is 11.3 Å². The number of carbonyl (C=O) groups excluding carboxylic acids is 1. The van der Waals surface area contributed by atoms with Gasteiger partial charge in [0.15, 0.2) is 0 Å². The number of aromatic nitrogens is 3. The number of benzene rings is 2. The maximum Gasteiger partial charge on any atom is 0.254 e. The van der Waals surface area contributed by atoms with Crippen molar-refractivity contribution < 1.29 is 9.53 Å². The smallest absolute Gasteiger partial charge is 0.254 e. The minimum Gasteiger partial charge on any atom is -0.487 e. The second-order valence-electron chi connectivity index (χ2n) is 7.47. The zero-order valence-electron chi connectivity index (χ0n) is 16.7. The molecule has 0 bridgehead atoms. The summed E-state index contributed by atoms with van der Waals surface area (Å²) in [6.45, 7) is 3.14. The third-order valence-corrected chi connectivity index (χ3v) is 6.21. The summed E-state index contributed by atoms with van der Waals surface area (Å²) in [6.07, 6.45) is 1.89. The Morgan fingerprint density at radius 2 is 2.03 bits per heavy atom. The van der Waals surface area contributed by atoms with Crippen molar-refractivity contribution in [2.24, 2.45) is 0 Å². The van der Waals surface area contributed by atoms with E-state index < -0.39 is 0 Å². The van der Waals surface area contributed by atoms with Crippen LogP contribution in [0, 0.1) is 6.92 Å². The number of rotatable bonds is 5. The van der Waals surface area contributed by atoms with E-state index in [1.807, 2.05) is 65.7 Å². The van der Waals surface area contributed by atoms with E-state index in [9.17, 15) is 4.79 Å². The summed E-state index contributed by atoms with van der Waals surface area (Å²) >= 11 is 1.61. The summed E-state index contributed by atoms with van der Waals surface area (Å²) < 4.78 is 5.79. The van der Waals surface area contributed by atoms with Gasteiger partial charge < -0.3 is 14.6 Å². The van der Waals surface area contributed by atoms with E-state index in [-0.39, 0.29) is 11.9 Å². The highest BCUT2D eigenvalue weighted by molar-refractivity contribution is 7.09. The largest absolute Gasteiger partial charge is 0.487 e. The van der Waals surface area contributed by atoms with Gasteiger partial charge in [0.1, 0.15) is 18.2 Å². The van der Waals surface area contributed by atoms with Crippen LogP contribution in [0.15, 0.2) is 53.9 Å². The predicted octanol–water partition coefficient (Wildman–Crippen LogP) is 4.88. The molecule has 1 aliphatic heterocycles. The molecule has 6 nitrogen and oxygen atoms in total. The minimum absolute atomic E-state index is 0.0197. The quantitative estimate of drug-likeness (QED) is 0.501. The van der Waals surface area contributed by atoms with Gasteiger partial charge in [-0.25, -0.2) is 9.97 Å². The van der Waals surface area contributed by atoms with Gasteiger partial charge in [-0.2, -0.15) is 0 Å². The fourth-order valence-corrected chi connectivity index (χ4v) is 4.51. The Morgan fingerprint density at radius 3 is 2.80 bits per heavy atom. The molecule has 1 aliphatic rings. The molecule has 3 heterocycles. The van der Waals surface area contributed by atoms with Gasteiger partial charge in [0.2, 0.25) is 0 Å². The second-order valence-corrected chi connectivity index (χ2v) is 8.53. The highest BCUT2D eigenvalue weighted by Crippen LogP contribution is 2.33. The highest BCUT2D eigenvalue weighted by atomic mass is 32.1. The van der Waals surface area contributed by atoms with Gasteiger partial charge in [0.05, 0.1) is 27.8 Å². The molecule has 0 saturated carbocycles. The number of likely N-dealkylation sites (tertiary alicyclic amines) is 1. The van der Waals surface area contributed by atoms with Crippen LogP contribution < -0.4 is 4.74 Å². The molecule has 0 radical (unpaired) electrons. The number of imidazole rings is 1. The fourth-order valence-electron chi connectivity index (χ4n) is 3.92. The second kappa shape index (κ2) is 7.91. The van der Waals surface area contributed by atoms with E-state index in [4.69, 9.17) is 9.72 Å². The average Bonchev–Trinajstić information content (AvgIpc) is 3.50. The summed E-state index contributed by atoms with van der Waals surface area (Å²) in [6, 6.07) is 15.3. The van der Waals surface area contributed by atoms with Crippen LogP contribution in [0.1, 0.15) is 45.8 Å². The molecule has 1 N–H and O–H groups in total. The maximum absolute atomic E-state index is 13.2. The predicted molar refractivity (Wildman–Crippen MR) is 117 cm³/mol. The van der Waals surface area contributed by atoms with E-state index in [0.29, 0.717) is 12.2 Å². The van der Waals surface area contributed by atoms with Crippen molar-refractivity contribution in [1.82, 2.24) is 19.9 Å². The van der Waals surface area contributed by atoms with E-state index in [1.54, 1.807) is 11.3 Å². The Labute approximate surface area is 178 Å². The number of fused-ring (bicyclic) bond motifs is 1. The number of amides is 1. The molecule has 4 aromatic rings. The summed E-state index contributed by atoms with van der Waals surface area (Å²) in [7, 11) is 0. The molecule has 30 heavy (non-hydrogen) atoms. The zero-order chi connectivity index (χ0) is 20.5. The molecule has 0 spiro atoms. The zero-order valence-corrected chi connectivity index (χ0v) is 17.5. The molecule has 7 heteroatoms. The Balaban J connectivity index is 1.29. The van der Waals surface area contributed by atoms with Crippen molar-refractivity contribution in [2.75, 3.05) is 6.54 Å². The Hall–Kier alpha value is -3.19. The van der Waals surface area contributed by atoms with Crippen LogP contribution in [0.3, 0.4) is 0 Å². The number of H-pyrrole nitrogens is 1. The summed E-state index contributed by atoms with van der Waals surface area (Å²) in [4.78, 5) is 27.6. The van der Waals surface area contributed by atoms with Gasteiger partial charge >= 0.3 is 0 Å².